The van der Waals surface area contributed by atoms with Crippen molar-refractivity contribution in [1.29, 1.82) is 0 Å². The molecule has 0 aliphatic heterocycles. The number of methoxy groups -OCH3 is 1. The van der Waals surface area contributed by atoms with Gasteiger partial charge in [0.15, 0.2) is 0 Å². The van der Waals surface area contributed by atoms with E-state index in [-0.39, 0.29) is 24.9 Å². The number of carbonyl (C=O) groups is 2. The predicted molar refractivity (Wildman–Crippen MR) is 88.2 cm³/mol. The number of ether oxygens (including phenoxy) is 1. The van der Waals surface area contributed by atoms with E-state index in [1.807, 2.05) is 6.92 Å². The fourth-order valence-electron chi connectivity index (χ4n) is 1.77. The van der Waals surface area contributed by atoms with Crippen LogP contribution in [0.4, 0.5) is 5.69 Å². The molecule has 0 fully saturated rings. The van der Waals surface area contributed by atoms with Crippen molar-refractivity contribution in [2.45, 2.75) is 25.8 Å². The van der Waals surface area contributed by atoms with Gasteiger partial charge in [0.25, 0.3) is 0 Å². The fourth-order valence-corrected chi connectivity index (χ4v) is 2.02. The molecule has 22 heavy (non-hydrogen) atoms. The van der Waals surface area contributed by atoms with Gasteiger partial charge in [-0.05, 0) is 24.6 Å². The average molecular weight is 351 g/mol. The molecule has 0 saturated carbocycles. The molecular formula is C14H20Cl2N2O4. The summed E-state index contributed by atoms with van der Waals surface area (Å²) in [4.78, 5) is 22.7. The molecule has 6 nitrogen and oxygen atoms in total. The van der Waals surface area contributed by atoms with Crippen LogP contribution < -0.4 is 15.4 Å². The van der Waals surface area contributed by atoms with Crippen molar-refractivity contribution in [2.24, 2.45) is 0 Å². The van der Waals surface area contributed by atoms with Gasteiger partial charge < -0.3 is 15.2 Å². The number of hydrogen-bond donors (Lipinski definition) is 3. The molecule has 0 aromatic heterocycles. The summed E-state index contributed by atoms with van der Waals surface area (Å²) >= 11 is 5.95. The predicted octanol–water partition coefficient (Wildman–Crippen LogP) is 2.55. The first-order valence-electron chi connectivity index (χ1n) is 6.57. The van der Waals surface area contributed by atoms with E-state index in [0.29, 0.717) is 22.9 Å². The maximum absolute atomic E-state index is 11.8. The van der Waals surface area contributed by atoms with Crippen LogP contribution in [0.3, 0.4) is 0 Å². The smallest absolute Gasteiger partial charge is 0.320 e. The van der Waals surface area contributed by atoms with Crippen molar-refractivity contribution in [2.75, 3.05) is 19.0 Å². The maximum atomic E-state index is 11.8. The Morgan fingerprint density at radius 3 is 2.59 bits per heavy atom. The highest BCUT2D eigenvalue weighted by molar-refractivity contribution is 6.32. The molecule has 1 atom stereocenters. The number of benzene rings is 1. The minimum atomic E-state index is -0.961. The molecule has 1 amide bonds. The van der Waals surface area contributed by atoms with Crippen LogP contribution in [0.1, 0.15) is 19.8 Å². The minimum absolute atomic E-state index is 0. The molecule has 3 N–H and O–H groups in total. The molecule has 0 bridgehead atoms. The summed E-state index contributed by atoms with van der Waals surface area (Å²) in [6.45, 7) is 1.80. The summed E-state index contributed by atoms with van der Waals surface area (Å²) in [5, 5.41) is 14.7. The van der Waals surface area contributed by atoms with E-state index < -0.39 is 12.0 Å². The molecule has 0 radical (unpaired) electrons. The zero-order chi connectivity index (χ0) is 15.8. The number of carbonyl (C=O) groups excluding carboxylic acids is 1. The number of carboxylic acid groups (broad SMARTS) is 1. The van der Waals surface area contributed by atoms with Gasteiger partial charge in [-0.2, -0.15) is 0 Å². The topological polar surface area (TPSA) is 87.7 Å². The summed E-state index contributed by atoms with van der Waals surface area (Å²) in [6.07, 6.45) is 1.19. The van der Waals surface area contributed by atoms with Gasteiger partial charge in [-0.1, -0.05) is 24.9 Å². The summed E-state index contributed by atoms with van der Waals surface area (Å²) in [5.41, 5.74) is 0.523. The first-order chi connectivity index (χ1) is 9.97. The van der Waals surface area contributed by atoms with Crippen molar-refractivity contribution in [3.63, 3.8) is 0 Å². The Morgan fingerprint density at radius 1 is 1.41 bits per heavy atom. The van der Waals surface area contributed by atoms with Crippen molar-refractivity contribution in [1.82, 2.24) is 5.32 Å². The maximum Gasteiger partial charge on any atom is 0.320 e. The van der Waals surface area contributed by atoms with Gasteiger partial charge in [-0.15, -0.1) is 12.4 Å². The third-order valence-corrected chi connectivity index (χ3v) is 3.12. The van der Waals surface area contributed by atoms with Crippen LogP contribution in [0.15, 0.2) is 18.2 Å². The van der Waals surface area contributed by atoms with Crippen LogP contribution in [-0.2, 0) is 9.59 Å². The van der Waals surface area contributed by atoms with E-state index >= 15 is 0 Å². The fraction of sp³-hybridized carbons (Fsp3) is 0.429. The van der Waals surface area contributed by atoms with Gasteiger partial charge in [0.2, 0.25) is 5.91 Å². The van der Waals surface area contributed by atoms with E-state index in [9.17, 15) is 9.59 Å². The standard InChI is InChI=1S/C14H19ClN2O4.ClH/c1-3-4-11(14(19)20)16-8-13(18)17-9-5-6-12(21-2)10(15)7-9;/h5-7,11,16H,3-4,8H2,1-2H3,(H,17,18)(H,19,20);1H. The van der Waals surface area contributed by atoms with E-state index in [1.165, 1.54) is 7.11 Å². The Bertz CT molecular complexity index is 512. The summed E-state index contributed by atoms with van der Waals surface area (Å²) in [6, 6.07) is 4.14. The summed E-state index contributed by atoms with van der Waals surface area (Å²) in [5.74, 6) is -0.780. The normalized spacial score (nSPS) is 11.2. The van der Waals surface area contributed by atoms with Crippen molar-refractivity contribution < 1.29 is 19.4 Å². The second-order valence-corrected chi connectivity index (χ2v) is 4.87. The minimum Gasteiger partial charge on any atom is -0.495 e. The Labute approximate surface area is 140 Å². The van der Waals surface area contributed by atoms with Gasteiger partial charge in [-0.25, -0.2) is 0 Å². The van der Waals surface area contributed by atoms with Gasteiger partial charge in [0.05, 0.1) is 18.7 Å². The lowest BCUT2D eigenvalue weighted by molar-refractivity contribution is -0.139. The number of carboxylic acids is 1. The van der Waals surface area contributed by atoms with Gasteiger partial charge >= 0.3 is 5.97 Å². The van der Waals surface area contributed by atoms with E-state index in [2.05, 4.69) is 10.6 Å². The van der Waals surface area contributed by atoms with Crippen LogP contribution in [0, 0.1) is 0 Å². The second kappa shape index (κ2) is 10.3. The monoisotopic (exact) mass is 350 g/mol. The number of aliphatic carboxylic acids is 1. The van der Waals surface area contributed by atoms with E-state index in [1.54, 1.807) is 18.2 Å². The van der Waals surface area contributed by atoms with Crippen LogP contribution in [0.5, 0.6) is 5.75 Å². The van der Waals surface area contributed by atoms with Crippen LogP contribution in [-0.4, -0.2) is 36.7 Å². The van der Waals surface area contributed by atoms with Crippen molar-refractivity contribution >= 4 is 41.6 Å². The molecule has 0 aliphatic carbocycles. The summed E-state index contributed by atoms with van der Waals surface area (Å²) < 4.78 is 5.01. The lowest BCUT2D eigenvalue weighted by Gasteiger charge is -2.13. The third-order valence-electron chi connectivity index (χ3n) is 2.82. The zero-order valence-electron chi connectivity index (χ0n) is 12.4. The Balaban J connectivity index is 0.00000441. The second-order valence-electron chi connectivity index (χ2n) is 4.46. The van der Waals surface area contributed by atoms with E-state index in [0.717, 1.165) is 6.42 Å². The zero-order valence-corrected chi connectivity index (χ0v) is 14.0. The number of halogens is 2. The number of nitrogens with one attached hydrogen (secondary N) is 2. The SMILES string of the molecule is CCCC(NCC(=O)Nc1ccc(OC)c(Cl)c1)C(=O)O.Cl. The highest BCUT2D eigenvalue weighted by Crippen LogP contribution is 2.27. The molecule has 0 aliphatic rings. The molecule has 124 valence electrons. The Morgan fingerprint density at radius 2 is 2.09 bits per heavy atom. The van der Waals surface area contributed by atoms with Gasteiger partial charge in [0, 0.05) is 5.69 Å². The van der Waals surface area contributed by atoms with Crippen LogP contribution in [0.2, 0.25) is 5.02 Å². The Hall–Kier alpha value is -1.50. The largest absolute Gasteiger partial charge is 0.495 e. The lowest BCUT2D eigenvalue weighted by Crippen LogP contribution is -2.41. The number of rotatable bonds is 8. The third kappa shape index (κ3) is 6.51. The molecule has 0 heterocycles. The molecule has 1 aromatic rings. The van der Waals surface area contributed by atoms with Gasteiger partial charge in [0.1, 0.15) is 11.8 Å². The molecular weight excluding hydrogens is 331 g/mol. The number of hydrogen-bond acceptors (Lipinski definition) is 4. The lowest BCUT2D eigenvalue weighted by atomic mass is 10.2. The van der Waals surface area contributed by atoms with Crippen molar-refractivity contribution in [3.05, 3.63) is 23.2 Å². The molecule has 8 heteroatoms. The van der Waals surface area contributed by atoms with E-state index in [4.69, 9.17) is 21.4 Å². The van der Waals surface area contributed by atoms with Gasteiger partial charge in [-0.3, -0.25) is 14.9 Å². The molecule has 1 aromatic carbocycles. The van der Waals surface area contributed by atoms with Crippen molar-refractivity contribution in [3.8, 4) is 5.75 Å². The summed E-state index contributed by atoms with van der Waals surface area (Å²) in [7, 11) is 1.50. The molecule has 1 rings (SSSR count). The molecule has 0 spiro atoms. The van der Waals surface area contributed by atoms with Crippen LogP contribution >= 0.6 is 24.0 Å². The highest BCUT2D eigenvalue weighted by Gasteiger charge is 2.16. The first-order valence-corrected chi connectivity index (χ1v) is 6.95. The molecule has 1 unspecified atom stereocenters. The average Bonchev–Trinajstić information content (AvgIpc) is 2.43. The quantitative estimate of drug-likeness (QED) is 0.670. The van der Waals surface area contributed by atoms with Crippen LogP contribution in [0.25, 0.3) is 0 Å². The number of anilines is 1. The number of amides is 1. The Kier molecular flexibility index (Phi) is 9.56. The highest BCUT2D eigenvalue weighted by atomic mass is 35.5. The first kappa shape index (κ1) is 20.5. The molecule has 0 saturated heterocycles.